The molecule has 0 atom stereocenters. The van der Waals surface area contributed by atoms with E-state index in [2.05, 4.69) is 22.8 Å². The highest BCUT2D eigenvalue weighted by Crippen LogP contribution is 2.01. The Kier molecular flexibility index (Phi) is 8.97. The third-order valence-corrected chi connectivity index (χ3v) is 3.69. The molecular weight excluding hydrogens is 256 g/mol. The molecule has 0 rings (SSSR count). The fourth-order valence-corrected chi connectivity index (χ4v) is 2.53. The Bertz CT molecular complexity index is 106. The first-order valence-electron chi connectivity index (χ1n) is 3.99. The van der Waals surface area contributed by atoms with E-state index in [0.29, 0.717) is 6.42 Å². The van der Waals surface area contributed by atoms with E-state index >= 15 is 0 Å². The van der Waals surface area contributed by atoms with Crippen molar-refractivity contribution in [3.05, 3.63) is 0 Å². The molecule has 0 aromatic heterocycles. The van der Waals surface area contributed by atoms with Crippen molar-refractivity contribution in [3.63, 3.8) is 0 Å². The number of alkyl halides is 2. The van der Waals surface area contributed by atoms with Gasteiger partial charge in [0, 0.05) is 11.1 Å². The molecule has 0 aromatic rings. The minimum atomic E-state index is -0.176. The molecular formula is C8H17FIN. The smallest absolute Gasteiger partial charge is 0.0906 e. The van der Waals surface area contributed by atoms with Crippen LogP contribution in [-0.4, -0.2) is 33.2 Å². The molecule has 0 saturated heterocycles. The van der Waals surface area contributed by atoms with Gasteiger partial charge in [-0.3, -0.25) is 9.29 Å². The number of hydrogen-bond donors (Lipinski definition) is 0. The standard InChI is InChI=1S/C8H17FIN/c1-3-10-8-11(4-2)7-5-6-9/h3H,4-8H2,1-2H3. The highest BCUT2D eigenvalue weighted by Gasteiger charge is 1.97. The summed E-state index contributed by atoms with van der Waals surface area (Å²) in [6, 6.07) is 0. The monoisotopic (exact) mass is 273 g/mol. The van der Waals surface area contributed by atoms with Gasteiger partial charge in [-0.1, -0.05) is 10.9 Å². The van der Waals surface area contributed by atoms with Crippen LogP contribution >= 0.6 is 20.7 Å². The summed E-state index contributed by atoms with van der Waals surface area (Å²) in [5.74, 6) is 0. The van der Waals surface area contributed by atoms with E-state index in [1.165, 1.54) is 4.55 Å². The zero-order chi connectivity index (χ0) is 8.53. The second-order valence-electron chi connectivity index (χ2n) is 2.25. The quantitative estimate of drug-likeness (QED) is 0.408. The number of rotatable bonds is 6. The van der Waals surface area contributed by atoms with E-state index in [-0.39, 0.29) is 27.4 Å². The highest BCUT2D eigenvalue weighted by molar-refractivity contribution is 14.2. The molecule has 1 nitrogen and oxygen atoms in total. The van der Waals surface area contributed by atoms with Crippen molar-refractivity contribution in [2.24, 2.45) is 0 Å². The van der Waals surface area contributed by atoms with E-state index < -0.39 is 0 Å². The molecule has 0 spiro atoms. The van der Waals surface area contributed by atoms with Crippen molar-refractivity contribution in [1.29, 1.82) is 0 Å². The second kappa shape index (κ2) is 8.59. The maximum Gasteiger partial charge on any atom is 0.0906 e. The first kappa shape index (κ1) is 11.5. The van der Waals surface area contributed by atoms with Crippen LogP contribution in [0.25, 0.3) is 0 Å². The summed E-state index contributed by atoms with van der Waals surface area (Å²) in [6.07, 6.45) is 0.696. The topological polar surface area (TPSA) is 3.24 Å². The second-order valence-corrected chi connectivity index (χ2v) is 5.05. The Morgan fingerprint density at radius 2 is 2.27 bits per heavy atom. The van der Waals surface area contributed by atoms with Crippen LogP contribution in [0.5, 0.6) is 0 Å². The molecule has 0 N–H and O–H groups in total. The lowest BCUT2D eigenvalue weighted by Crippen LogP contribution is -2.23. The van der Waals surface area contributed by atoms with Crippen LogP contribution in [0.2, 0.25) is 0 Å². The normalized spacial score (nSPS) is 12.4. The van der Waals surface area contributed by atoms with Crippen molar-refractivity contribution < 1.29 is 4.39 Å². The number of halogens is 2. The maximum absolute atomic E-state index is 11.8. The van der Waals surface area contributed by atoms with Crippen molar-refractivity contribution >= 4 is 24.7 Å². The fourth-order valence-electron chi connectivity index (χ4n) is 0.752. The summed E-state index contributed by atoms with van der Waals surface area (Å²) in [4.78, 5) is 2.33. The van der Waals surface area contributed by atoms with Gasteiger partial charge in [-0.05, 0) is 19.9 Å². The van der Waals surface area contributed by atoms with Crippen LogP contribution in [-0.2, 0) is 0 Å². The molecule has 0 amide bonds. The van der Waals surface area contributed by atoms with Gasteiger partial charge in [-0.2, -0.15) is 0 Å². The van der Waals surface area contributed by atoms with E-state index in [0.717, 1.165) is 13.1 Å². The zero-order valence-corrected chi connectivity index (χ0v) is 9.47. The maximum atomic E-state index is 11.8. The Hall–Kier alpha value is 0.490. The third-order valence-electron chi connectivity index (χ3n) is 1.45. The van der Waals surface area contributed by atoms with Gasteiger partial charge in [0.2, 0.25) is 0 Å². The van der Waals surface area contributed by atoms with Crippen LogP contribution in [0, 0.1) is 0 Å². The van der Waals surface area contributed by atoms with Gasteiger partial charge in [-0.15, -0.1) is 20.7 Å². The van der Waals surface area contributed by atoms with Gasteiger partial charge in [-0.25, -0.2) is 0 Å². The minimum absolute atomic E-state index is 0.176. The molecule has 3 heteroatoms. The van der Waals surface area contributed by atoms with Gasteiger partial charge in [0.05, 0.1) is 6.67 Å². The molecule has 0 fully saturated rings. The van der Waals surface area contributed by atoms with Crippen molar-refractivity contribution in [3.8, 4) is 0 Å². The van der Waals surface area contributed by atoms with Crippen LogP contribution < -0.4 is 0 Å². The average molecular weight is 273 g/mol. The fraction of sp³-hybridized carbons (Fsp3) is 0.875. The Morgan fingerprint density at radius 3 is 2.73 bits per heavy atom. The summed E-state index contributed by atoms with van der Waals surface area (Å²) in [5, 5.41) is 0. The van der Waals surface area contributed by atoms with Gasteiger partial charge in [0.25, 0.3) is 0 Å². The summed E-state index contributed by atoms with van der Waals surface area (Å²) < 4.78 is 15.2. The lowest BCUT2D eigenvalue weighted by atomic mass is 10.4. The lowest BCUT2D eigenvalue weighted by molar-refractivity contribution is 0.318. The summed E-state index contributed by atoms with van der Waals surface area (Å²) in [5.41, 5.74) is 0. The summed E-state index contributed by atoms with van der Waals surface area (Å²) >= 11 is 0.242. The molecule has 0 aromatic carbocycles. The Balaban J connectivity index is 3.40. The van der Waals surface area contributed by atoms with E-state index in [9.17, 15) is 4.39 Å². The van der Waals surface area contributed by atoms with Crippen LogP contribution in [0.4, 0.5) is 4.39 Å². The SMILES string of the molecule is CC=ICN(CC)CCCF. The van der Waals surface area contributed by atoms with Crippen molar-refractivity contribution in [2.75, 3.05) is 24.3 Å². The Labute approximate surface area is 78.7 Å². The largest absolute Gasteiger partial charge is 0.295 e. The lowest BCUT2D eigenvalue weighted by Gasteiger charge is -2.16. The molecule has 0 aliphatic carbocycles. The molecule has 0 aliphatic heterocycles. The zero-order valence-electron chi connectivity index (χ0n) is 7.32. The average Bonchev–Trinajstić information content (AvgIpc) is 2.05. The number of nitrogens with zero attached hydrogens (tertiary/aromatic N) is 1. The third kappa shape index (κ3) is 6.87. The number of hydrogen-bond acceptors (Lipinski definition) is 1. The molecule has 0 radical (unpaired) electrons. The molecule has 0 heterocycles. The first-order valence-corrected chi connectivity index (χ1v) is 6.76. The van der Waals surface area contributed by atoms with Crippen LogP contribution in [0.1, 0.15) is 20.3 Å². The van der Waals surface area contributed by atoms with E-state index in [1.54, 1.807) is 0 Å². The predicted octanol–water partition coefficient (Wildman–Crippen LogP) is 2.42. The van der Waals surface area contributed by atoms with Crippen molar-refractivity contribution in [2.45, 2.75) is 20.3 Å². The van der Waals surface area contributed by atoms with Gasteiger partial charge >= 0.3 is 0 Å². The summed E-state index contributed by atoms with van der Waals surface area (Å²) in [6.45, 7) is 6.06. The molecule has 11 heavy (non-hydrogen) atoms. The molecule has 68 valence electrons. The highest BCUT2D eigenvalue weighted by atomic mass is 127. The van der Waals surface area contributed by atoms with Gasteiger partial charge in [0.15, 0.2) is 0 Å². The molecule has 0 unspecified atom stereocenters. The molecule has 0 aliphatic rings. The van der Waals surface area contributed by atoms with Gasteiger partial charge in [0.1, 0.15) is 0 Å². The van der Waals surface area contributed by atoms with E-state index in [1.807, 2.05) is 0 Å². The van der Waals surface area contributed by atoms with Crippen molar-refractivity contribution in [1.82, 2.24) is 4.90 Å². The first-order chi connectivity index (χ1) is 5.35. The van der Waals surface area contributed by atoms with Crippen LogP contribution in [0.15, 0.2) is 0 Å². The van der Waals surface area contributed by atoms with Crippen LogP contribution in [0.3, 0.4) is 0 Å². The van der Waals surface area contributed by atoms with Gasteiger partial charge < -0.3 is 0 Å². The minimum Gasteiger partial charge on any atom is -0.295 e. The Morgan fingerprint density at radius 1 is 1.55 bits per heavy atom. The molecule has 0 bridgehead atoms. The summed E-state index contributed by atoms with van der Waals surface area (Å²) in [7, 11) is 0. The van der Waals surface area contributed by atoms with E-state index in [4.69, 9.17) is 0 Å². The molecule has 0 saturated carbocycles. The predicted molar refractivity (Wildman–Crippen MR) is 58.5 cm³/mol.